The van der Waals surface area contributed by atoms with Crippen molar-refractivity contribution in [1.29, 1.82) is 0 Å². The van der Waals surface area contributed by atoms with Gasteiger partial charge in [0.05, 0.1) is 0 Å². The van der Waals surface area contributed by atoms with Crippen LogP contribution in [0.4, 0.5) is 5.82 Å². The molecule has 0 atom stereocenters. The molecule has 3 rings (SSSR count). The fourth-order valence-corrected chi connectivity index (χ4v) is 7.09. The first kappa shape index (κ1) is 20.4. The summed E-state index contributed by atoms with van der Waals surface area (Å²) in [6.45, 7) is 5.04. The molecular formula is C20H27N5O2Sn. The Morgan fingerprint density at radius 2 is 1.96 bits per heavy atom. The van der Waals surface area contributed by atoms with E-state index in [0.717, 1.165) is 37.6 Å². The van der Waals surface area contributed by atoms with Crippen LogP contribution in [0.2, 0.25) is 14.8 Å². The Balaban J connectivity index is 2.01. The van der Waals surface area contributed by atoms with Crippen molar-refractivity contribution in [2.45, 2.75) is 27.9 Å². The molecule has 2 aromatic heterocycles. The van der Waals surface area contributed by atoms with Gasteiger partial charge in [0.2, 0.25) is 0 Å². The number of nitrogens with one attached hydrogen (secondary N) is 1. The standard InChI is InChI=1S/C17H18N5O2.3CH3.Sn/c1-4-7-22-17-14(10-21-22)16(19-11-20-17)18-9-12-5-6-13(23-2)8-15(12)24-3;;;;/h4-6,8,11H,1,7,9H2,2-3H3,(H,18,19,20);3*1H3;. The van der Waals surface area contributed by atoms with E-state index in [2.05, 4.69) is 36.7 Å². The van der Waals surface area contributed by atoms with Crippen LogP contribution in [0.25, 0.3) is 11.0 Å². The molecule has 8 heteroatoms. The minimum atomic E-state index is -2.50. The van der Waals surface area contributed by atoms with Gasteiger partial charge in [-0.2, -0.15) is 0 Å². The first-order valence-corrected chi connectivity index (χ1v) is 19.2. The molecule has 28 heavy (non-hydrogen) atoms. The second kappa shape index (κ2) is 8.38. The average Bonchev–Trinajstić information content (AvgIpc) is 3.06. The molecular weight excluding hydrogens is 461 g/mol. The van der Waals surface area contributed by atoms with Gasteiger partial charge in [-0.25, -0.2) is 0 Å². The molecule has 7 nitrogen and oxygen atoms in total. The van der Waals surface area contributed by atoms with Crippen LogP contribution in [0.15, 0.2) is 37.2 Å². The maximum atomic E-state index is 5.51. The fourth-order valence-electron chi connectivity index (χ4n) is 3.09. The molecule has 3 aromatic rings. The van der Waals surface area contributed by atoms with E-state index in [1.807, 2.05) is 29.0 Å². The predicted molar refractivity (Wildman–Crippen MR) is 115 cm³/mol. The summed E-state index contributed by atoms with van der Waals surface area (Å²) in [5.41, 5.74) is 1.87. The van der Waals surface area contributed by atoms with Crippen molar-refractivity contribution in [2.75, 3.05) is 19.5 Å². The molecule has 1 aromatic carbocycles. The second-order valence-electron chi connectivity index (χ2n) is 7.52. The van der Waals surface area contributed by atoms with Crippen molar-refractivity contribution in [3.8, 4) is 11.5 Å². The second-order valence-corrected chi connectivity index (χ2v) is 21.7. The summed E-state index contributed by atoms with van der Waals surface area (Å²) < 4.78 is 13.9. The topological polar surface area (TPSA) is 74.1 Å². The van der Waals surface area contributed by atoms with Crippen LogP contribution in [-0.4, -0.2) is 52.3 Å². The summed E-state index contributed by atoms with van der Waals surface area (Å²) in [6.07, 6.45) is 3.42. The van der Waals surface area contributed by atoms with E-state index < -0.39 is 18.4 Å². The normalized spacial score (nSPS) is 11.5. The Hall–Kier alpha value is -2.29. The summed E-state index contributed by atoms with van der Waals surface area (Å²) in [6, 6.07) is 5.80. The number of fused-ring (bicyclic) bond motifs is 1. The van der Waals surface area contributed by atoms with Gasteiger partial charge in [0, 0.05) is 0 Å². The fraction of sp³-hybridized carbons (Fsp3) is 0.350. The molecule has 2 heterocycles. The molecule has 0 fully saturated rings. The van der Waals surface area contributed by atoms with Gasteiger partial charge in [-0.15, -0.1) is 0 Å². The van der Waals surface area contributed by atoms with Gasteiger partial charge in [0.25, 0.3) is 0 Å². The molecule has 0 saturated heterocycles. The summed E-state index contributed by atoms with van der Waals surface area (Å²) in [7, 11) is 3.30. The SMILES string of the molecule is C=CCn1n[c]([Sn]([CH3])([CH3])[CH3])c2c(NCc3ccc(OC)cc3OC)ncnc21. The van der Waals surface area contributed by atoms with Crippen LogP contribution >= 0.6 is 0 Å². The number of ether oxygens (including phenoxy) is 2. The molecule has 0 radical (unpaired) electrons. The third-order valence-electron chi connectivity index (χ3n) is 4.48. The Kier molecular flexibility index (Phi) is 6.12. The van der Waals surface area contributed by atoms with E-state index in [1.165, 1.54) is 0 Å². The van der Waals surface area contributed by atoms with Crippen molar-refractivity contribution >= 4 is 38.9 Å². The van der Waals surface area contributed by atoms with Crippen molar-refractivity contribution in [2.24, 2.45) is 0 Å². The number of aromatic nitrogens is 4. The molecule has 0 unspecified atom stereocenters. The van der Waals surface area contributed by atoms with Crippen molar-refractivity contribution in [3.63, 3.8) is 0 Å². The number of anilines is 1. The van der Waals surface area contributed by atoms with Gasteiger partial charge >= 0.3 is 170 Å². The number of benzene rings is 1. The van der Waals surface area contributed by atoms with Crippen LogP contribution in [0.3, 0.4) is 0 Å². The molecule has 0 saturated carbocycles. The van der Waals surface area contributed by atoms with Gasteiger partial charge in [0.15, 0.2) is 0 Å². The Labute approximate surface area is 169 Å². The number of rotatable bonds is 8. The van der Waals surface area contributed by atoms with Crippen LogP contribution in [0.1, 0.15) is 5.56 Å². The summed E-state index contributed by atoms with van der Waals surface area (Å²) in [5, 5.41) is 9.37. The third kappa shape index (κ3) is 4.08. The van der Waals surface area contributed by atoms with Crippen LogP contribution in [0.5, 0.6) is 11.5 Å². The Bertz CT molecular complexity index is 994. The van der Waals surface area contributed by atoms with Crippen LogP contribution < -0.4 is 18.5 Å². The molecule has 0 aliphatic carbocycles. The van der Waals surface area contributed by atoms with Crippen molar-refractivity contribution in [1.82, 2.24) is 19.7 Å². The number of nitrogens with zero attached hydrogens (tertiary/aromatic N) is 4. The molecule has 0 aliphatic rings. The molecule has 1 N–H and O–H groups in total. The van der Waals surface area contributed by atoms with Crippen molar-refractivity contribution < 1.29 is 9.47 Å². The quantitative estimate of drug-likeness (QED) is 0.388. The molecule has 0 bridgehead atoms. The first-order chi connectivity index (χ1) is 13.4. The first-order valence-electron chi connectivity index (χ1n) is 9.16. The maximum absolute atomic E-state index is 5.51. The summed E-state index contributed by atoms with van der Waals surface area (Å²) in [5.74, 6) is 2.34. The van der Waals surface area contributed by atoms with Gasteiger partial charge < -0.3 is 0 Å². The summed E-state index contributed by atoms with van der Waals surface area (Å²) >= 11 is -2.50. The van der Waals surface area contributed by atoms with E-state index in [-0.39, 0.29) is 0 Å². The minimum absolute atomic E-state index is 0.574. The zero-order valence-corrected chi connectivity index (χ0v) is 20.0. The van der Waals surface area contributed by atoms with E-state index in [9.17, 15) is 0 Å². The van der Waals surface area contributed by atoms with E-state index in [1.54, 1.807) is 20.5 Å². The number of methoxy groups -OCH3 is 2. The number of allylic oxidation sites excluding steroid dienone is 1. The zero-order chi connectivity index (χ0) is 20.3. The van der Waals surface area contributed by atoms with E-state index in [0.29, 0.717) is 13.1 Å². The van der Waals surface area contributed by atoms with Gasteiger partial charge in [-0.1, -0.05) is 0 Å². The van der Waals surface area contributed by atoms with Crippen LogP contribution in [0, 0.1) is 0 Å². The average molecular weight is 488 g/mol. The molecule has 148 valence electrons. The molecule has 0 spiro atoms. The van der Waals surface area contributed by atoms with Crippen LogP contribution in [-0.2, 0) is 13.1 Å². The van der Waals surface area contributed by atoms with Gasteiger partial charge in [-0.05, 0) is 0 Å². The van der Waals surface area contributed by atoms with E-state index >= 15 is 0 Å². The molecule has 0 amide bonds. The summed E-state index contributed by atoms with van der Waals surface area (Å²) in [4.78, 5) is 16.1. The third-order valence-corrected chi connectivity index (χ3v) is 9.54. The van der Waals surface area contributed by atoms with Crippen molar-refractivity contribution in [3.05, 3.63) is 42.7 Å². The molecule has 0 aliphatic heterocycles. The Morgan fingerprint density at radius 1 is 1.18 bits per heavy atom. The number of hydrogen-bond acceptors (Lipinski definition) is 6. The van der Waals surface area contributed by atoms with Gasteiger partial charge in [0.1, 0.15) is 0 Å². The number of hydrogen-bond donors (Lipinski definition) is 1. The van der Waals surface area contributed by atoms with E-state index in [4.69, 9.17) is 14.6 Å². The Morgan fingerprint density at radius 3 is 2.61 bits per heavy atom. The van der Waals surface area contributed by atoms with Gasteiger partial charge in [-0.3, -0.25) is 0 Å². The zero-order valence-electron chi connectivity index (χ0n) is 17.1. The monoisotopic (exact) mass is 489 g/mol. The predicted octanol–water partition coefficient (Wildman–Crippen LogP) is 3.19.